The molecule has 2 rings (SSSR count). The van der Waals surface area contributed by atoms with E-state index in [1.54, 1.807) is 29.2 Å². The number of nitrogens with one attached hydrogen (secondary N) is 2. The molecule has 0 unspecified atom stereocenters. The van der Waals surface area contributed by atoms with Crippen LogP contribution >= 0.6 is 0 Å². The Morgan fingerprint density at radius 2 is 1.65 bits per heavy atom. The molecule has 0 spiro atoms. The van der Waals surface area contributed by atoms with Gasteiger partial charge in [0.2, 0.25) is 12.3 Å². The van der Waals surface area contributed by atoms with Gasteiger partial charge in [-0.2, -0.15) is 0 Å². The Balaban J connectivity index is 1.95. The summed E-state index contributed by atoms with van der Waals surface area (Å²) in [6.45, 7) is 2.88. The highest BCUT2D eigenvalue weighted by atomic mass is 16.2. The van der Waals surface area contributed by atoms with Crippen molar-refractivity contribution in [3.8, 4) is 0 Å². The molecule has 2 N–H and O–H groups in total. The van der Waals surface area contributed by atoms with Crippen LogP contribution in [0, 0.1) is 0 Å². The second kappa shape index (κ2) is 7.39. The van der Waals surface area contributed by atoms with E-state index in [2.05, 4.69) is 10.6 Å². The zero-order valence-corrected chi connectivity index (χ0v) is 12.7. The lowest BCUT2D eigenvalue weighted by Gasteiger charge is -2.31. The van der Waals surface area contributed by atoms with Crippen molar-refractivity contribution >= 4 is 35.5 Å². The molecular formula is C15H18N4O4. The molecule has 122 valence electrons. The Hall–Kier alpha value is -2.90. The van der Waals surface area contributed by atoms with Crippen molar-refractivity contribution in [1.82, 2.24) is 9.80 Å². The quantitative estimate of drug-likeness (QED) is 0.600. The minimum atomic E-state index is -0.746. The molecule has 0 atom stereocenters. The van der Waals surface area contributed by atoms with Gasteiger partial charge < -0.3 is 20.4 Å². The fourth-order valence-corrected chi connectivity index (χ4v) is 2.24. The summed E-state index contributed by atoms with van der Waals surface area (Å²) in [6, 6.07) is 6.53. The molecule has 1 aliphatic rings. The normalized spacial score (nSPS) is 14.1. The van der Waals surface area contributed by atoms with Gasteiger partial charge in [0.05, 0.1) is 0 Å². The molecule has 1 aromatic carbocycles. The number of hydrogen-bond acceptors (Lipinski definition) is 4. The molecule has 23 heavy (non-hydrogen) atoms. The summed E-state index contributed by atoms with van der Waals surface area (Å²) in [7, 11) is 0. The number of carbonyl (C=O) groups excluding carboxylic acids is 4. The van der Waals surface area contributed by atoms with Gasteiger partial charge >= 0.3 is 11.8 Å². The van der Waals surface area contributed by atoms with Crippen molar-refractivity contribution in [1.29, 1.82) is 0 Å². The number of piperazine rings is 1. The third-order valence-corrected chi connectivity index (χ3v) is 3.39. The average molecular weight is 318 g/mol. The molecule has 8 nitrogen and oxygen atoms in total. The summed E-state index contributed by atoms with van der Waals surface area (Å²) in [4.78, 5) is 48.7. The van der Waals surface area contributed by atoms with Crippen LogP contribution in [0.25, 0.3) is 0 Å². The first kappa shape index (κ1) is 16.5. The van der Waals surface area contributed by atoms with Gasteiger partial charge in [0.25, 0.3) is 0 Å². The summed E-state index contributed by atoms with van der Waals surface area (Å²) in [5.74, 6) is -1.61. The molecule has 8 heteroatoms. The Labute approximate surface area is 133 Å². The molecule has 0 bridgehead atoms. The second-order valence-corrected chi connectivity index (χ2v) is 5.15. The van der Waals surface area contributed by atoms with E-state index in [1.165, 1.54) is 11.8 Å². The van der Waals surface area contributed by atoms with Gasteiger partial charge in [-0.3, -0.25) is 19.2 Å². The molecule has 1 aromatic rings. The van der Waals surface area contributed by atoms with Gasteiger partial charge in [-0.15, -0.1) is 0 Å². The number of carbonyl (C=O) groups is 4. The predicted octanol–water partition coefficient (Wildman–Crippen LogP) is -0.116. The summed E-state index contributed by atoms with van der Waals surface area (Å²) in [5, 5.41) is 5.11. The lowest BCUT2D eigenvalue weighted by Crippen LogP contribution is -2.51. The summed E-state index contributed by atoms with van der Waals surface area (Å²) >= 11 is 0. The maximum Gasteiger partial charge on any atom is 0.313 e. The van der Waals surface area contributed by atoms with Gasteiger partial charge in [-0.05, 0) is 18.2 Å². The van der Waals surface area contributed by atoms with Gasteiger partial charge in [-0.25, -0.2) is 0 Å². The highest BCUT2D eigenvalue weighted by Crippen LogP contribution is 2.15. The summed E-state index contributed by atoms with van der Waals surface area (Å²) < 4.78 is 0. The van der Waals surface area contributed by atoms with Gasteiger partial charge in [-0.1, -0.05) is 6.07 Å². The van der Waals surface area contributed by atoms with E-state index in [9.17, 15) is 19.2 Å². The van der Waals surface area contributed by atoms with Gasteiger partial charge in [0.1, 0.15) is 0 Å². The zero-order valence-electron chi connectivity index (χ0n) is 12.7. The lowest BCUT2D eigenvalue weighted by atomic mass is 10.2. The maximum atomic E-state index is 12.1. The summed E-state index contributed by atoms with van der Waals surface area (Å²) in [6.07, 6.45) is 0.732. The summed E-state index contributed by atoms with van der Waals surface area (Å²) in [5.41, 5.74) is 0.948. The molecule has 0 saturated carbocycles. The highest BCUT2D eigenvalue weighted by molar-refractivity contribution is 6.39. The first-order chi connectivity index (χ1) is 11.0. The average Bonchev–Trinajstić information content (AvgIpc) is 2.54. The van der Waals surface area contributed by atoms with E-state index in [1.807, 2.05) is 0 Å². The fraction of sp³-hybridized carbons (Fsp3) is 0.333. The number of hydrogen-bond donors (Lipinski definition) is 2. The first-order valence-corrected chi connectivity index (χ1v) is 7.17. The number of amides is 4. The van der Waals surface area contributed by atoms with E-state index < -0.39 is 11.8 Å². The molecule has 0 radical (unpaired) electrons. The molecule has 1 fully saturated rings. The van der Waals surface area contributed by atoms with E-state index in [4.69, 9.17) is 0 Å². The van der Waals surface area contributed by atoms with E-state index in [0.717, 1.165) is 6.41 Å². The number of rotatable bonds is 3. The Morgan fingerprint density at radius 3 is 2.22 bits per heavy atom. The molecule has 4 amide bonds. The highest BCUT2D eigenvalue weighted by Gasteiger charge is 2.25. The third kappa shape index (κ3) is 4.53. The smallest absolute Gasteiger partial charge is 0.313 e. The van der Waals surface area contributed by atoms with Crippen LogP contribution in [-0.2, 0) is 19.2 Å². The molecule has 1 aliphatic heterocycles. The largest absolute Gasteiger partial charge is 0.342 e. The molecular weight excluding hydrogens is 300 g/mol. The monoisotopic (exact) mass is 318 g/mol. The third-order valence-electron chi connectivity index (χ3n) is 3.39. The molecule has 0 aromatic heterocycles. The van der Waals surface area contributed by atoms with Crippen LogP contribution < -0.4 is 10.6 Å². The zero-order chi connectivity index (χ0) is 16.8. The first-order valence-electron chi connectivity index (χ1n) is 7.17. The minimum absolute atomic E-state index is 0.224. The van der Waals surface area contributed by atoms with Crippen LogP contribution in [0.4, 0.5) is 11.4 Å². The number of nitrogens with zero attached hydrogens (tertiary/aromatic N) is 2. The van der Waals surface area contributed by atoms with E-state index >= 15 is 0 Å². The standard InChI is InChI=1S/C15H18N4O4/c1-11(21)16-12-3-2-4-13(9-12)17-14(22)15(23)19-7-5-18(10-20)6-8-19/h2-4,9-10H,5-8H2,1H3,(H,16,21)(H,17,22). The molecule has 1 saturated heterocycles. The van der Waals surface area contributed by atoms with Gasteiger partial charge in [0, 0.05) is 44.5 Å². The lowest BCUT2D eigenvalue weighted by molar-refractivity contribution is -0.144. The SMILES string of the molecule is CC(=O)Nc1cccc(NC(=O)C(=O)N2CCN(C=O)CC2)c1. The van der Waals surface area contributed by atoms with Crippen molar-refractivity contribution in [3.05, 3.63) is 24.3 Å². The molecule has 1 heterocycles. The number of benzene rings is 1. The van der Waals surface area contributed by atoms with Crippen LogP contribution in [0.5, 0.6) is 0 Å². The van der Waals surface area contributed by atoms with Crippen LogP contribution in [0.15, 0.2) is 24.3 Å². The molecule has 0 aliphatic carbocycles. The van der Waals surface area contributed by atoms with Crippen LogP contribution in [0.1, 0.15) is 6.92 Å². The van der Waals surface area contributed by atoms with Crippen molar-refractivity contribution in [2.24, 2.45) is 0 Å². The van der Waals surface area contributed by atoms with Crippen LogP contribution in [-0.4, -0.2) is 60.1 Å². The van der Waals surface area contributed by atoms with Crippen LogP contribution in [0.2, 0.25) is 0 Å². The Bertz CT molecular complexity index is 624. The van der Waals surface area contributed by atoms with Crippen molar-refractivity contribution in [2.75, 3.05) is 36.8 Å². The second-order valence-electron chi connectivity index (χ2n) is 5.15. The van der Waals surface area contributed by atoms with Gasteiger partial charge in [0.15, 0.2) is 0 Å². The topological polar surface area (TPSA) is 98.8 Å². The van der Waals surface area contributed by atoms with E-state index in [0.29, 0.717) is 37.6 Å². The maximum absolute atomic E-state index is 12.1. The van der Waals surface area contributed by atoms with Crippen molar-refractivity contribution < 1.29 is 19.2 Å². The van der Waals surface area contributed by atoms with Crippen molar-refractivity contribution in [3.63, 3.8) is 0 Å². The van der Waals surface area contributed by atoms with E-state index in [-0.39, 0.29) is 5.91 Å². The van der Waals surface area contributed by atoms with Crippen LogP contribution in [0.3, 0.4) is 0 Å². The Kier molecular flexibility index (Phi) is 5.29. The number of anilines is 2. The fourth-order valence-electron chi connectivity index (χ4n) is 2.24. The predicted molar refractivity (Wildman–Crippen MR) is 83.6 cm³/mol. The van der Waals surface area contributed by atoms with Crippen molar-refractivity contribution in [2.45, 2.75) is 6.92 Å². The minimum Gasteiger partial charge on any atom is -0.342 e. The Morgan fingerprint density at radius 1 is 1.04 bits per heavy atom.